The molecule has 0 aromatic heterocycles. The van der Waals surface area contributed by atoms with Gasteiger partial charge in [0.25, 0.3) is 0 Å². The lowest BCUT2D eigenvalue weighted by atomic mass is 9.61. The SMILES string of the molecule is CC(C)[C@H]1CC[C@H]2/C(=C/C=C3C[C@@H](C)C[C@H](C)C3)CCC[C@]12C. The molecule has 0 N–H and O–H groups in total. The first-order valence-electron chi connectivity index (χ1n) is 10.3. The molecule has 0 heterocycles. The second-order valence-electron chi connectivity index (χ2n) is 9.76. The second-order valence-corrected chi connectivity index (χ2v) is 9.76. The normalized spacial score (nSPS) is 43.0. The summed E-state index contributed by atoms with van der Waals surface area (Å²) in [5, 5.41) is 0. The highest BCUT2D eigenvalue weighted by Crippen LogP contribution is 2.59. The molecule has 3 aliphatic carbocycles. The first-order valence-corrected chi connectivity index (χ1v) is 10.3. The maximum absolute atomic E-state index is 2.61. The van der Waals surface area contributed by atoms with Crippen LogP contribution in [0.25, 0.3) is 0 Å². The third-order valence-electron chi connectivity index (χ3n) is 7.40. The summed E-state index contributed by atoms with van der Waals surface area (Å²) in [4.78, 5) is 0. The molecule has 0 nitrogen and oxygen atoms in total. The minimum atomic E-state index is 0.587. The zero-order valence-electron chi connectivity index (χ0n) is 16.2. The van der Waals surface area contributed by atoms with Crippen LogP contribution in [0.4, 0.5) is 0 Å². The summed E-state index contributed by atoms with van der Waals surface area (Å²) >= 11 is 0. The molecule has 3 aliphatic rings. The van der Waals surface area contributed by atoms with E-state index < -0.39 is 0 Å². The van der Waals surface area contributed by atoms with Gasteiger partial charge in [-0.25, -0.2) is 0 Å². The van der Waals surface area contributed by atoms with Crippen molar-refractivity contribution in [3.8, 4) is 0 Å². The molecule has 3 saturated carbocycles. The van der Waals surface area contributed by atoms with Gasteiger partial charge in [0.05, 0.1) is 0 Å². The summed E-state index contributed by atoms with van der Waals surface area (Å²) in [6, 6.07) is 0. The quantitative estimate of drug-likeness (QED) is 0.507. The van der Waals surface area contributed by atoms with Crippen LogP contribution in [0.5, 0.6) is 0 Å². The van der Waals surface area contributed by atoms with Crippen LogP contribution in [-0.2, 0) is 0 Å². The predicted octanol–water partition coefficient (Wildman–Crippen LogP) is 7.17. The van der Waals surface area contributed by atoms with Gasteiger partial charge in [0.15, 0.2) is 0 Å². The van der Waals surface area contributed by atoms with Crippen LogP contribution in [0.2, 0.25) is 0 Å². The lowest BCUT2D eigenvalue weighted by Crippen LogP contribution is -2.35. The van der Waals surface area contributed by atoms with E-state index in [2.05, 4.69) is 46.8 Å². The fourth-order valence-corrected chi connectivity index (χ4v) is 6.57. The Morgan fingerprint density at radius 3 is 2.39 bits per heavy atom. The van der Waals surface area contributed by atoms with Crippen molar-refractivity contribution >= 4 is 0 Å². The van der Waals surface area contributed by atoms with Gasteiger partial charge in [-0.3, -0.25) is 0 Å². The van der Waals surface area contributed by atoms with Gasteiger partial charge in [0.2, 0.25) is 0 Å². The van der Waals surface area contributed by atoms with Gasteiger partial charge in [-0.15, -0.1) is 0 Å². The van der Waals surface area contributed by atoms with Crippen LogP contribution in [0.3, 0.4) is 0 Å². The largest absolute Gasteiger partial charge is 0.0697 e. The van der Waals surface area contributed by atoms with Gasteiger partial charge in [0, 0.05) is 0 Å². The van der Waals surface area contributed by atoms with Crippen molar-refractivity contribution in [2.75, 3.05) is 0 Å². The number of hydrogen-bond donors (Lipinski definition) is 0. The fraction of sp³-hybridized carbons (Fsp3) is 0.826. The molecular formula is C23H38. The lowest BCUT2D eigenvalue weighted by Gasteiger charge is -2.43. The van der Waals surface area contributed by atoms with Gasteiger partial charge in [-0.05, 0) is 86.4 Å². The van der Waals surface area contributed by atoms with Crippen molar-refractivity contribution in [3.63, 3.8) is 0 Å². The fourth-order valence-electron chi connectivity index (χ4n) is 6.57. The average Bonchev–Trinajstić information content (AvgIpc) is 2.81. The van der Waals surface area contributed by atoms with Crippen molar-refractivity contribution in [1.82, 2.24) is 0 Å². The van der Waals surface area contributed by atoms with Crippen LogP contribution in [0, 0.1) is 35.0 Å². The smallest absolute Gasteiger partial charge is 0.0143 e. The average molecular weight is 315 g/mol. The van der Waals surface area contributed by atoms with Gasteiger partial charge in [0.1, 0.15) is 0 Å². The van der Waals surface area contributed by atoms with Crippen LogP contribution >= 0.6 is 0 Å². The van der Waals surface area contributed by atoms with Gasteiger partial charge >= 0.3 is 0 Å². The van der Waals surface area contributed by atoms with Crippen molar-refractivity contribution in [2.24, 2.45) is 35.0 Å². The van der Waals surface area contributed by atoms with Crippen LogP contribution < -0.4 is 0 Å². The zero-order valence-corrected chi connectivity index (χ0v) is 16.2. The van der Waals surface area contributed by atoms with Crippen LogP contribution in [0.15, 0.2) is 23.3 Å². The Morgan fingerprint density at radius 1 is 1.04 bits per heavy atom. The predicted molar refractivity (Wildman–Crippen MR) is 101 cm³/mol. The van der Waals surface area contributed by atoms with Crippen molar-refractivity contribution in [2.45, 2.75) is 86.0 Å². The number of fused-ring (bicyclic) bond motifs is 1. The minimum Gasteiger partial charge on any atom is -0.0697 e. The molecule has 3 fully saturated rings. The molecule has 0 amide bonds. The number of allylic oxidation sites excluding steroid dienone is 4. The van der Waals surface area contributed by atoms with E-state index in [1.807, 2.05) is 0 Å². The van der Waals surface area contributed by atoms with E-state index in [0.29, 0.717) is 5.41 Å². The third-order valence-corrected chi connectivity index (χ3v) is 7.40. The Bertz CT molecular complexity index is 468. The minimum absolute atomic E-state index is 0.587. The van der Waals surface area contributed by atoms with Gasteiger partial charge in [-0.2, -0.15) is 0 Å². The number of rotatable bonds is 2. The molecule has 5 atom stereocenters. The Morgan fingerprint density at radius 2 is 1.74 bits per heavy atom. The molecule has 0 aliphatic heterocycles. The van der Waals surface area contributed by atoms with E-state index in [-0.39, 0.29) is 0 Å². The van der Waals surface area contributed by atoms with E-state index in [9.17, 15) is 0 Å². The second kappa shape index (κ2) is 6.77. The van der Waals surface area contributed by atoms with Crippen LogP contribution in [-0.4, -0.2) is 0 Å². The summed E-state index contributed by atoms with van der Waals surface area (Å²) < 4.78 is 0. The summed E-state index contributed by atoms with van der Waals surface area (Å²) in [6.07, 6.45) is 16.4. The van der Waals surface area contributed by atoms with E-state index in [1.165, 1.54) is 51.4 Å². The van der Waals surface area contributed by atoms with Gasteiger partial charge in [-0.1, -0.05) is 57.9 Å². The van der Waals surface area contributed by atoms with Crippen molar-refractivity contribution in [3.05, 3.63) is 23.3 Å². The van der Waals surface area contributed by atoms with E-state index in [1.54, 1.807) is 11.1 Å². The summed E-state index contributed by atoms with van der Waals surface area (Å²) in [7, 11) is 0. The molecule has 0 aromatic rings. The Kier molecular flexibility index (Phi) is 5.09. The highest BCUT2D eigenvalue weighted by Gasteiger charge is 2.49. The van der Waals surface area contributed by atoms with E-state index in [4.69, 9.17) is 0 Å². The standard InChI is InChI=1S/C23H38/c1-16(2)21-10-11-22-20(7-6-12-23(21,22)5)9-8-19-14-17(3)13-18(4)15-19/h8-9,16-18,21-22H,6-7,10-15H2,1-5H3/b20-9+/t17-,18-,21+,22-,23+/m0/s1. The molecule has 3 rings (SSSR count). The van der Waals surface area contributed by atoms with Gasteiger partial charge < -0.3 is 0 Å². The molecular weight excluding hydrogens is 276 g/mol. The first kappa shape index (κ1) is 17.3. The maximum atomic E-state index is 2.61. The topological polar surface area (TPSA) is 0 Å². The maximum Gasteiger partial charge on any atom is -0.0143 e. The highest BCUT2D eigenvalue weighted by atomic mass is 14.5. The van der Waals surface area contributed by atoms with E-state index >= 15 is 0 Å². The molecule has 23 heavy (non-hydrogen) atoms. The molecule has 0 heteroatoms. The molecule has 0 saturated heterocycles. The molecule has 0 radical (unpaired) electrons. The molecule has 0 aromatic carbocycles. The molecule has 0 unspecified atom stereocenters. The van der Waals surface area contributed by atoms with Crippen LogP contribution in [0.1, 0.15) is 86.0 Å². The van der Waals surface area contributed by atoms with E-state index in [0.717, 1.165) is 29.6 Å². The monoisotopic (exact) mass is 314 g/mol. The summed E-state index contributed by atoms with van der Waals surface area (Å²) in [6.45, 7) is 12.4. The Labute approximate surface area is 144 Å². The molecule has 0 bridgehead atoms. The summed E-state index contributed by atoms with van der Waals surface area (Å²) in [5.41, 5.74) is 4.10. The number of hydrogen-bond acceptors (Lipinski definition) is 0. The van der Waals surface area contributed by atoms with Crippen molar-refractivity contribution in [1.29, 1.82) is 0 Å². The highest BCUT2D eigenvalue weighted by molar-refractivity contribution is 5.25. The third kappa shape index (κ3) is 3.47. The first-order chi connectivity index (χ1) is 10.9. The Hall–Kier alpha value is -0.520. The lowest BCUT2D eigenvalue weighted by molar-refractivity contribution is 0.104. The molecule has 130 valence electrons. The Balaban J connectivity index is 1.78. The van der Waals surface area contributed by atoms with Crippen molar-refractivity contribution < 1.29 is 0 Å². The zero-order chi connectivity index (χ0) is 16.6. The molecule has 0 spiro atoms. The summed E-state index contributed by atoms with van der Waals surface area (Å²) in [5.74, 6) is 4.44.